The first kappa shape index (κ1) is 9.38. The maximum atomic E-state index is 10.7. The molecule has 0 fully saturated rings. The van der Waals surface area contributed by atoms with E-state index in [0.717, 1.165) is 4.80 Å². The molecule has 0 aliphatic carbocycles. The summed E-state index contributed by atoms with van der Waals surface area (Å²) in [6.45, 7) is 3.32. The van der Waals surface area contributed by atoms with Gasteiger partial charge in [0.05, 0.1) is 11.4 Å². The Morgan fingerprint density at radius 2 is 2.20 bits per heavy atom. The number of nitrogens with zero attached hydrogens (tertiary/aromatic N) is 4. The highest BCUT2D eigenvalue weighted by atomic mass is 16.5. The van der Waals surface area contributed by atoms with E-state index in [1.807, 2.05) is 0 Å². The van der Waals surface area contributed by atoms with Crippen molar-refractivity contribution in [3.63, 3.8) is 0 Å². The van der Waals surface area contributed by atoms with Crippen LogP contribution in [0.1, 0.15) is 21.9 Å². The molecule has 2 heterocycles. The molecule has 7 nitrogen and oxygen atoms in total. The molecule has 0 saturated heterocycles. The van der Waals surface area contributed by atoms with Crippen molar-refractivity contribution in [1.29, 1.82) is 0 Å². The van der Waals surface area contributed by atoms with Crippen molar-refractivity contribution in [1.82, 2.24) is 20.2 Å². The Balaban J connectivity index is 2.46. The summed E-state index contributed by atoms with van der Waals surface area (Å²) in [5, 5.41) is 20.1. The van der Waals surface area contributed by atoms with Crippen molar-refractivity contribution in [2.45, 2.75) is 13.8 Å². The van der Waals surface area contributed by atoms with Crippen LogP contribution in [0, 0.1) is 13.8 Å². The summed E-state index contributed by atoms with van der Waals surface area (Å²) in [5.74, 6) is -0.821. The third kappa shape index (κ3) is 1.58. The zero-order valence-electron chi connectivity index (χ0n) is 8.13. The molecular formula is C8H8N4O3. The number of rotatable bonds is 2. The van der Waals surface area contributed by atoms with Crippen LogP contribution in [-0.4, -0.2) is 31.2 Å². The van der Waals surface area contributed by atoms with Gasteiger partial charge in [-0.2, -0.15) is 0 Å². The number of aromatic carboxylic acids is 1. The zero-order chi connectivity index (χ0) is 11.0. The molecule has 0 amide bonds. The Morgan fingerprint density at radius 1 is 1.47 bits per heavy atom. The number of carboxylic acid groups (broad SMARTS) is 1. The predicted octanol–water partition coefficient (Wildman–Crippen LogP) is 0.570. The SMILES string of the molecule is Cc1cc(-n2nc(C)c(C(=O)O)n2)on1. The van der Waals surface area contributed by atoms with E-state index < -0.39 is 5.97 Å². The van der Waals surface area contributed by atoms with Crippen molar-refractivity contribution in [2.75, 3.05) is 0 Å². The lowest BCUT2D eigenvalue weighted by molar-refractivity contribution is 0.0689. The molecule has 2 aromatic heterocycles. The quantitative estimate of drug-likeness (QED) is 0.775. The average molecular weight is 208 g/mol. The monoisotopic (exact) mass is 208 g/mol. The van der Waals surface area contributed by atoms with Gasteiger partial charge >= 0.3 is 5.97 Å². The van der Waals surface area contributed by atoms with Crippen LogP contribution >= 0.6 is 0 Å². The summed E-state index contributed by atoms with van der Waals surface area (Å²) < 4.78 is 4.89. The lowest BCUT2D eigenvalue weighted by atomic mass is 10.4. The van der Waals surface area contributed by atoms with Crippen LogP contribution in [0.2, 0.25) is 0 Å². The van der Waals surface area contributed by atoms with E-state index in [4.69, 9.17) is 9.63 Å². The minimum Gasteiger partial charge on any atom is -0.476 e. The Morgan fingerprint density at radius 3 is 2.67 bits per heavy atom. The molecule has 0 unspecified atom stereocenters. The van der Waals surface area contributed by atoms with Gasteiger partial charge in [0.2, 0.25) is 0 Å². The molecule has 0 saturated carbocycles. The van der Waals surface area contributed by atoms with Gasteiger partial charge in [-0.1, -0.05) is 5.16 Å². The molecule has 1 N–H and O–H groups in total. The van der Waals surface area contributed by atoms with E-state index in [9.17, 15) is 4.79 Å². The lowest BCUT2D eigenvalue weighted by Gasteiger charge is -1.88. The van der Waals surface area contributed by atoms with Crippen molar-refractivity contribution in [3.8, 4) is 5.88 Å². The highest BCUT2D eigenvalue weighted by Crippen LogP contribution is 2.09. The van der Waals surface area contributed by atoms with Gasteiger partial charge in [-0.15, -0.1) is 15.0 Å². The predicted molar refractivity (Wildman–Crippen MR) is 47.9 cm³/mol. The van der Waals surface area contributed by atoms with E-state index in [1.165, 1.54) is 0 Å². The third-order valence-electron chi connectivity index (χ3n) is 1.80. The minimum absolute atomic E-state index is 0.0935. The molecule has 0 aromatic carbocycles. The topological polar surface area (TPSA) is 94.0 Å². The number of hydrogen-bond donors (Lipinski definition) is 1. The van der Waals surface area contributed by atoms with E-state index >= 15 is 0 Å². The molecule has 0 atom stereocenters. The van der Waals surface area contributed by atoms with Crippen molar-refractivity contribution < 1.29 is 14.4 Å². The fourth-order valence-electron chi connectivity index (χ4n) is 1.12. The van der Waals surface area contributed by atoms with Gasteiger partial charge in [-0.25, -0.2) is 4.79 Å². The summed E-state index contributed by atoms with van der Waals surface area (Å²) in [5.41, 5.74) is 0.914. The molecule has 0 aliphatic rings. The summed E-state index contributed by atoms with van der Waals surface area (Å²) >= 11 is 0. The first-order valence-corrected chi connectivity index (χ1v) is 4.19. The molecule has 0 radical (unpaired) electrons. The normalized spacial score (nSPS) is 10.5. The molecule has 0 aliphatic heterocycles. The minimum atomic E-state index is -1.12. The summed E-state index contributed by atoms with van der Waals surface area (Å²) in [4.78, 5) is 11.8. The largest absolute Gasteiger partial charge is 0.476 e. The summed E-state index contributed by atoms with van der Waals surface area (Å²) in [7, 11) is 0. The molecule has 78 valence electrons. The van der Waals surface area contributed by atoms with E-state index in [0.29, 0.717) is 17.3 Å². The Kier molecular flexibility index (Phi) is 2.00. The first-order chi connectivity index (χ1) is 7.08. The maximum absolute atomic E-state index is 10.7. The van der Waals surface area contributed by atoms with Crippen LogP contribution in [0.5, 0.6) is 0 Å². The number of aromatic nitrogens is 4. The highest BCUT2D eigenvalue weighted by Gasteiger charge is 2.16. The zero-order valence-corrected chi connectivity index (χ0v) is 8.13. The lowest BCUT2D eigenvalue weighted by Crippen LogP contribution is -2.01. The van der Waals surface area contributed by atoms with Gasteiger partial charge in [-0.3, -0.25) is 0 Å². The van der Waals surface area contributed by atoms with Crippen LogP contribution in [0.4, 0.5) is 0 Å². The smallest absolute Gasteiger partial charge is 0.358 e. The van der Waals surface area contributed by atoms with Gasteiger partial charge in [-0.05, 0) is 13.8 Å². The first-order valence-electron chi connectivity index (χ1n) is 4.19. The fraction of sp³-hybridized carbons (Fsp3) is 0.250. The standard InChI is InChI=1S/C8H8N4O3/c1-4-3-6(15-11-4)12-9-5(2)7(10-12)8(13)14/h3H,1-2H3,(H,13,14). The number of carboxylic acids is 1. The third-order valence-corrected chi connectivity index (χ3v) is 1.80. The van der Waals surface area contributed by atoms with Crippen molar-refractivity contribution in [3.05, 3.63) is 23.1 Å². The second kappa shape index (κ2) is 3.19. The Bertz CT molecular complexity index is 514. The van der Waals surface area contributed by atoms with E-state index in [2.05, 4.69) is 15.4 Å². The van der Waals surface area contributed by atoms with Crippen LogP contribution in [-0.2, 0) is 0 Å². The summed E-state index contributed by atoms with van der Waals surface area (Å²) in [6.07, 6.45) is 0. The number of carbonyl (C=O) groups is 1. The molecule has 7 heteroatoms. The van der Waals surface area contributed by atoms with Gasteiger partial charge in [0.15, 0.2) is 5.69 Å². The molecule has 2 rings (SSSR count). The number of aryl methyl sites for hydroxylation is 2. The van der Waals surface area contributed by atoms with Crippen LogP contribution < -0.4 is 0 Å². The van der Waals surface area contributed by atoms with Crippen LogP contribution in [0.3, 0.4) is 0 Å². The van der Waals surface area contributed by atoms with Crippen LogP contribution in [0.15, 0.2) is 10.6 Å². The van der Waals surface area contributed by atoms with Gasteiger partial charge in [0.25, 0.3) is 5.88 Å². The second-order valence-electron chi connectivity index (χ2n) is 3.04. The van der Waals surface area contributed by atoms with Crippen molar-refractivity contribution in [2.24, 2.45) is 0 Å². The highest BCUT2D eigenvalue weighted by molar-refractivity contribution is 5.86. The molecular weight excluding hydrogens is 200 g/mol. The average Bonchev–Trinajstić information content (AvgIpc) is 2.71. The Labute approximate surface area is 84.3 Å². The van der Waals surface area contributed by atoms with E-state index in [-0.39, 0.29) is 5.69 Å². The Hall–Kier alpha value is -2.18. The van der Waals surface area contributed by atoms with Gasteiger partial charge < -0.3 is 9.63 Å². The fourth-order valence-corrected chi connectivity index (χ4v) is 1.12. The maximum Gasteiger partial charge on any atom is 0.358 e. The van der Waals surface area contributed by atoms with E-state index in [1.54, 1.807) is 19.9 Å². The van der Waals surface area contributed by atoms with Crippen molar-refractivity contribution >= 4 is 5.97 Å². The number of hydrogen-bond acceptors (Lipinski definition) is 5. The molecule has 2 aromatic rings. The van der Waals surface area contributed by atoms with Crippen LogP contribution in [0.25, 0.3) is 5.88 Å². The molecule has 0 spiro atoms. The van der Waals surface area contributed by atoms with Gasteiger partial charge in [0.1, 0.15) is 0 Å². The second-order valence-corrected chi connectivity index (χ2v) is 3.04. The summed E-state index contributed by atoms with van der Waals surface area (Å²) in [6, 6.07) is 1.62. The van der Waals surface area contributed by atoms with Gasteiger partial charge in [0, 0.05) is 6.07 Å². The molecule has 15 heavy (non-hydrogen) atoms. The molecule has 0 bridgehead atoms.